The van der Waals surface area contributed by atoms with Gasteiger partial charge in [0.1, 0.15) is 0 Å². The lowest BCUT2D eigenvalue weighted by atomic mass is 10.0. The van der Waals surface area contributed by atoms with Crippen molar-refractivity contribution >= 4 is 34.4 Å². The Bertz CT molecular complexity index is 2550. The number of nitrogen functional groups attached to an aromatic ring is 1. The third kappa shape index (κ3) is 11.1. The molecule has 58 heavy (non-hydrogen) atoms. The molecule has 5 N–H and O–H groups in total. The fraction of sp³-hybridized carbons (Fsp3) is 0.0755. The fourth-order valence-electron chi connectivity index (χ4n) is 6.25. The van der Waals surface area contributed by atoms with E-state index in [4.69, 9.17) is 5.73 Å². The van der Waals surface area contributed by atoms with E-state index in [1.54, 1.807) is 6.07 Å². The van der Waals surface area contributed by atoms with Crippen molar-refractivity contribution in [1.82, 2.24) is 0 Å². The van der Waals surface area contributed by atoms with Gasteiger partial charge in [-0.3, -0.25) is 0 Å². The quantitative estimate of drug-likeness (QED) is 0.116. The zero-order chi connectivity index (χ0) is 40.9. The summed E-state index contributed by atoms with van der Waals surface area (Å²) in [6.45, 7) is 8.27. The zero-order valence-electron chi connectivity index (χ0n) is 33.4. The Hall–Kier alpha value is -7.37. The summed E-state index contributed by atoms with van der Waals surface area (Å²) < 4.78 is 0. The summed E-state index contributed by atoms with van der Waals surface area (Å²) in [6, 6.07) is 65.0. The van der Waals surface area contributed by atoms with E-state index < -0.39 is 5.97 Å². The van der Waals surface area contributed by atoms with Crippen molar-refractivity contribution in [3.63, 3.8) is 0 Å². The van der Waals surface area contributed by atoms with Gasteiger partial charge in [-0.25, -0.2) is 4.79 Å². The molecule has 0 unspecified atom stereocenters. The van der Waals surface area contributed by atoms with E-state index in [0.29, 0.717) is 5.69 Å². The van der Waals surface area contributed by atoms with Crippen LogP contribution in [0.4, 0.5) is 28.4 Å². The highest BCUT2D eigenvalue weighted by atomic mass is 16.4. The van der Waals surface area contributed by atoms with Crippen molar-refractivity contribution in [3.8, 4) is 33.4 Å². The molecule has 0 aliphatic rings. The number of anilines is 5. The van der Waals surface area contributed by atoms with Gasteiger partial charge < -0.3 is 21.5 Å². The van der Waals surface area contributed by atoms with E-state index in [1.807, 2.05) is 111 Å². The van der Waals surface area contributed by atoms with E-state index >= 15 is 0 Å². The van der Waals surface area contributed by atoms with Gasteiger partial charge in [-0.05, 0) is 121 Å². The highest BCUT2D eigenvalue weighted by molar-refractivity contribution is 5.96. The van der Waals surface area contributed by atoms with Crippen LogP contribution in [0.2, 0.25) is 0 Å². The number of rotatable bonds is 8. The molecular formula is C53H49N3O2. The number of nitrogens with two attached hydrogens (primary N) is 1. The van der Waals surface area contributed by atoms with Crippen molar-refractivity contribution in [2.75, 3.05) is 16.4 Å². The molecule has 5 nitrogen and oxygen atoms in total. The van der Waals surface area contributed by atoms with Gasteiger partial charge in [-0.15, -0.1) is 0 Å². The van der Waals surface area contributed by atoms with Crippen molar-refractivity contribution in [1.29, 1.82) is 0 Å². The molecule has 0 bridgehead atoms. The van der Waals surface area contributed by atoms with E-state index in [1.165, 1.54) is 33.4 Å². The lowest BCUT2D eigenvalue weighted by Gasteiger charge is -2.12. The molecule has 0 aliphatic carbocycles. The molecule has 8 aromatic carbocycles. The summed E-state index contributed by atoms with van der Waals surface area (Å²) in [7, 11) is 0. The van der Waals surface area contributed by atoms with Gasteiger partial charge in [0.25, 0.3) is 0 Å². The molecule has 0 radical (unpaired) electrons. The number of hydrogen-bond donors (Lipinski definition) is 4. The van der Waals surface area contributed by atoms with Crippen LogP contribution in [0.3, 0.4) is 0 Å². The fourth-order valence-corrected chi connectivity index (χ4v) is 6.25. The molecule has 8 rings (SSSR count). The normalized spacial score (nSPS) is 10.3. The van der Waals surface area contributed by atoms with E-state index in [9.17, 15) is 9.90 Å². The monoisotopic (exact) mass is 759 g/mol. The molecule has 0 saturated carbocycles. The minimum atomic E-state index is -0.945. The minimum absolute atomic E-state index is 0.255. The number of carboxylic acid groups (broad SMARTS) is 1. The van der Waals surface area contributed by atoms with Gasteiger partial charge in [-0.2, -0.15) is 0 Å². The molecular weight excluding hydrogens is 711 g/mol. The van der Waals surface area contributed by atoms with Gasteiger partial charge in [0.2, 0.25) is 0 Å². The predicted molar refractivity (Wildman–Crippen MR) is 245 cm³/mol. The number of aromatic carboxylic acids is 1. The lowest BCUT2D eigenvalue weighted by Crippen LogP contribution is -2.03. The van der Waals surface area contributed by atoms with Gasteiger partial charge in [0.15, 0.2) is 0 Å². The second-order valence-corrected chi connectivity index (χ2v) is 14.2. The van der Waals surface area contributed by atoms with Gasteiger partial charge in [0, 0.05) is 22.7 Å². The molecule has 8 aromatic rings. The standard InChI is InChI=1S/C20H17NO2.C20H19N.C13H13N/c1-14-7-10-17(11-8-14)21-19-13-16(9-12-18(19)20(22)23)15-5-3-2-4-6-15;1-15-8-12-19(13-9-15)21-20-14-18(11-10-16(20)2)17-6-4-3-5-7-17;1-10-7-8-12(9-13(10)14)11-5-3-2-4-6-11/h2-13,21H,1H3,(H,22,23);3-14,21H,1-2H3;2-9H,14H2,1H3. The molecule has 5 heteroatoms. The smallest absolute Gasteiger partial charge is 0.337 e. The van der Waals surface area contributed by atoms with Crippen LogP contribution in [-0.2, 0) is 0 Å². The average molecular weight is 760 g/mol. The first-order chi connectivity index (χ1) is 28.1. The molecule has 0 aliphatic heterocycles. The topological polar surface area (TPSA) is 87.4 Å². The van der Waals surface area contributed by atoms with Crippen molar-refractivity contribution in [2.24, 2.45) is 0 Å². The Morgan fingerprint density at radius 2 is 0.793 bits per heavy atom. The molecule has 0 saturated heterocycles. The number of aryl methyl sites for hydroxylation is 4. The average Bonchev–Trinajstić information content (AvgIpc) is 3.25. The third-order valence-electron chi connectivity index (χ3n) is 9.75. The molecule has 0 fully saturated rings. The molecule has 0 heterocycles. The molecule has 0 aromatic heterocycles. The van der Waals surface area contributed by atoms with Crippen LogP contribution < -0.4 is 16.4 Å². The third-order valence-corrected chi connectivity index (χ3v) is 9.75. The summed E-state index contributed by atoms with van der Waals surface area (Å²) in [5.74, 6) is -0.945. The van der Waals surface area contributed by atoms with Crippen LogP contribution in [0.5, 0.6) is 0 Å². The van der Waals surface area contributed by atoms with Crippen LogP contribution >= 0.6 is 0 Å². The van der Waals surface area contributed by atoms with Crippen LogP contribution in [0.15, 0.2) is 194 Å². The number of nitrogens with one attached hydrogen (secondary N) is 2. The van der Waals surface area contributed by atoms with E-state index in [-0.39, 0.29) is 5.56 Å². The SMILES string of the molecule is Cc1ccc(-c2ccccc2)cc1N.Cc1ccc(Nc2cc(-c3ccccc3)ccc2C(=O)O)cc1.Cc1ccc(Nc2cc(-c3ccccc3)ccc2C)cc1. The number of benzene rings is 8. The van der Waals surface area contributed by atoms with Crippen molar-refractivity contribution in [2.45, 2.75) is 27.7 Å². The predicted octanol–water partition coefficient (Wildman–Crippen LogP) is 14.1. The first-order valence-electron chi connectivity index (χ1n) is 19.3. The maximum atomic E-state index is 11.5. The van der Waals surface area contributed by atoms with Crippen LogP contribution in [0, 0.1) is 27.7 Å². The second kappa shape index (κ2) is 19.5. The second-order valence-electron chi connectivity index (χ2n) is 14.2. The highest BCUT2D eigenvalue weighted by Crippen LogP contribution is 2.30. The summed E-state index contributed by atoms with van der Waals surface area (Å²) in [5.41, 5.74) is 22.4. The number of carboxylic acids is 1. The number of carbonyl (C=O) groups is 1. The molecule has 0 amide bonds. The van der Waals surface area contributed by atoms with E-state index in [2.05, 4.69) is 115 Å². The van der Waals surface area contributed by atoms with Crippen molar-refractivity contribution in [3.05, 3.63) is 222 Å². The Morgan fingerprint density at radius 3 is 1.22 bits per heavy atom. The summed E-state index contributed by atoms with van der Waals surface area (Å²) in [5, 5.41) is 16.1. The highest BCUT2D eigenvalue weighted by Gasteiger charge is 2.12. The van der Waals surface area contributed by atoms with Crippen LogP contribution in [-0.4, -0.2) is 11.1 Å². The summed E-state index contributed by atoms with van der Waals surface area (Å²) in [6.07, 6.45) is 0. The Balaban J connectivity index is 0.000000151. The first-order valence-corrected chi connectivity index (χ1v) is 19.3. The number of hydrogen-bond acceptors (Lipinski definition) is 4. The largest absolute Gasteiger partial charge is 0.478 e. The van der Waals surface area contributed by atoms with Gasteiger partial charge >= 0.3 is 5.97 Å². The van der Waals surface area contributed by atoms with Gasteiger partial charge in [0.05, 0.1) is 11.3 Å². The zero-order valence-corrected chi connectivity index (χ0v) is 33.4. The minimum Gasteiger partial charge on any atom is -0.478 e. The maximum Gasteiger partial charge on any atom is 0.337 e. The van der Waals surface area contributed by atoms with Crippen LogP contribution in [0.1, 0.15) is 32.6 Å². The maximum absolute atomic E-state index is 11.5. The first kappa shape index (κ1) is 40.3. The van der Waals surface area contributed by atoms with Gasteiger partial charge in [-0.1, -0.05) is 157 Å². The molecule has 288 valence electrons. The Morgan fingerprint density at radius 1 is 0.414 bits per heavy atom. The molecule has 0 spiro atoms. The Labute approximate surface area is 342 Å². The summed E-state index contributed by atoms with van der Waals surface area (Å²) in [4.78, 5) is 11.5. The summed E-state index contributed by atoms with van der Waals surface area (Å²) >= 11 is 0. The molecule has 0 atom stereocenters. The lowest BCUT2D eigenvalue weighted by molar-refractivity contribution is 0.0698. The van der Waals surface area contributed by atoms with Crippen molar-refractivity contribution < 1.29 is 9.90 Å². The van der Waals surface area contributed by atoms with E-state index in [0.717, 1.165) is 45.0 Å². The van der Waals surface area contributed by atoms with Crippen LogP contribution in [0.25, 0.3) is 33.4 Å². The Kier molecular flexibility index (Phi) is 13.5.